The Balaban J connectivity index is 1.67. The van der Waals surface area contributed by atoms with Gasteiger partial charge in [0.1, 0.15) is 5.69 Å². The number of benzene rings is 1. The van der Waals surface area contributed by atoms with Gasteiger partial charge in [-0.15, -0.1) is 0 Å². The van der Waals surface area contributed by atoms with Crippen molar-refractivity contribution in [2.45, 2.75) is 18.9 Å². The summed E-state index contributed by atoms with van der Waals surface area (Å²) in [7, 11) is 1.99. The van der Waals surface area contributed by atoms with E-state index in [0.717, 1.165) is 19.4 Å². The lowest BCUT2D eigenvalue weighted by Crippen LogP contribution is -2.53. The maximum Gasteiger partial charge on any atom is 0.294 e. The number of halogens is 1. The second-order valence-corrected chi connectivity index (χ2v) is 6.78. The van der Waals surface area contributed by atoms with Crippen molar-refractivity contribution in [2.24, 2.45) is 0 Å². The molecule has 24 heavy (non-hydrogen) atoms. The van der Waals surface area contributed by atoms with E-state index in [9.17, 15) is 14.9 Å². The normalized spacial score (nSPS) is 22.0. The van der Waals surface area contributed by atoms with Gasteiger partial charge in [-0.1, -0.05) is 11.6 Å². The molecule has 1 aromatic rings. The fourth-order valence-electron chi connectivity index (χ4n) is 3.51. The summed E-state index contributed by atoms with van der Waals surface area (Å²) >= 11 is 5.87. The van der Waals surface area contributed by atoms with Gasteiger partial charge in [-0.2, -0.15) is 0 Å². The van der Waals surface area contributed by atoms with Crippen molar-refractivity contribution in [3.05, 3.63) is 33.3 Å². The smallest absolute Gasteiger partial charge is 0.294 e. The summed E-state index contributed by atoms with van der Waals surface area (Å²) in [6, 6.07) is 4.71. The number of nitrogens with zero attached hydrogens (tertiary/aromatic N) is 4. The average Bonchev–Trinajstić information content (AvgIpc) is 3.00. The molecule has 1 amide bonds. The molecule has 0 aliphatic carbocycles. The number of carbonyl (C=O) groups excluding carboxylic acids is 1. The first-order valence-electron chi connectivity index (χ1n) is 8.15. The molecule has 1 aromatic carbocycles. The van der Waals surface area contributed by atoms with E-state index in [1.807, 2.05) is 16.8 Å². The van der Waals surface area contributed by atoms with E-state index in [4.69, 9.17) is 11.6 Å². The quantitative estimate of drug-likeness (QED) is 0.614. The Labute approximate surface area is 145 Å². The Bertz CT molecular complexity index is 646. The van der Waals surface area contributed by atoms with Crippen molar-refractivity contribution < 1.29 is 9.72 Å². The summed E-state index contributed by atoms with van der Waals surface area (Å²) in [5, 5.41) is 11.6. The van der Waals surface area contributed by atoms with Gasteiger partial charge in [-0.25, -0.2) is 0 Å². The number of nitro groups is 1. The molecular weight excluding hydrogens is 332 g/mol. The van der Waals surface area contributed by atoms with E-state index in [1.54, 1.807) is 12.1 Å². The third-order valence-corrected chi connectivity index (χ3v) is 5.11. The largest absolute Gasteiger partial charge is 0.362 e. The van der Waals surface area contributed by atoms with Crippen LogP contribution in [0.2, 0.25) is 5.02 Å². The van der Waals surface area contributed by atoms with Crippen LogP contribution in [0.25, 0.3) is 0 Å². The van der Waals surface area contributed by atoms with Crippen LogP contribution in [0.5, 0.6) is 0 Å². The van der Waals surface area contributed by atoms with Gasteiger partial charge in [0.25, 0.3) is 5.69 Å². The van der Waals surface area contributed by atoms with Gasteiger partial charge in [0.05, 0.1) is 11.0 Å². The third-order valence-electron chi connectivity index (χ3n) is 4.87. The summed E-state index contributed by atoms with van der Waals surface area (Å²) in [6.45, 7) is 3.31. The maximum atomic E-state index is 12.6. The van der Waals surface area contributed by atoms with Gasteiger partial charge >= 0.3 is 0 Å². The lowest BCUT2D eigenvalue weighted by molar-refractivity contribution is -0.384. The highest BCUT2D eigenvalue weighted by molar-refractivity contribution is 6.30. The average molecular weight is 353 g/mol. The second kappa shape index (κ2) is 6.94. The number of hydrogen-bond acceptors (Lipinski definition) is 5. The van der Waals surface area contributed by atoms with Gasteiger partial charge < -0.3 is 9.80 Å². The van der Waals surface area contributed by atoms with Crippen LogP contribution in [0.15, 0.2) is 18.2 Å². The Morgan fingerprint density at radius 3 is 2.54 bits per heavy atom. The van der Waals surface area contributed by atoms with E-state index in [0.29, 0.717) is 36.9 Å². The number of piperazine rings is 1. The highest BCUT2D eigenvalue weighted by Crippen LogP contribution is 2.31. The Hall–Kier alpha value is -1.86. The van der Waals surface area contributed by atoms with E-state index >= 15 is 0 Å². The fraction of sp³-hybridized carbons (Fsp3) is 0.562. The van der Waals surface area contributed by atoms with Crippen LogP contribution in [0, 0.1) is 10.1 Å². The third kappa shape index (κ3) is 3.32. The number of anilines is 1. The van der Waals surface area contributed by atoms with Crippen molar-refractivity contribution >= 4 is 28.9 Å². The Morgan fingerprint density at radius 1 is 1.25 bits per heavy atom. The number of rotatable bonds is 3. The first-order valence-corrected chi connectivity index (χ1v) is 8.53. The molecule has 0 N–H and O–H groups in total. The monoisotopic (exact) mass is 352 g/mol. The molecule has 2 saturated heterocycles. The predicted molar refractivity (Wildman–Crippen MR) is 92.6 cm³/mol. The lowest BCUT2D eigenvalue weighted by atomic mass is 10.1. The Kier molecular flexibility index (Phi) is 4.91. The molecule has 0 saturated carbocycles. The van der Waals surface area contributed by atoms with Crippen molar-refractivity contribution in [1.29, 1.82) is 0 Å². The molecule has 7 nitrogen and oxygen atoms in total. The zero-order valence-electron chi connectivity index (χ0n) is 13.7. The first kappa shape index (κ1) is 17.0. The van der Waals surface area contributed by atoms with Gasteiger partial charge in [0, 0.05) is 37.3 Å². The molecule has 2 aliphatic heterocycles. The van der Waals surface area contributed by atoms with Crippen LogP contribution in [0.3, 0.4) is 0 Å². The van der Waals surface area contributed by atoms with Gasteiger partial charge in [-0.05, 0) is 38.6 Å². The van der Waals surface area contributed by atoms with Crippen LogP contribution in [0.1, 0.15) is 12.8 Å². The van der Waals surface area contributed by atoms with Crippen LogP contribution < -0.4 is 4.90 Å². The highest BCUT2D eigenvalue weighted by atomic mass is 35.5. The lowest BCUT2D eigenvalue weighted by Gasteiger charge is -2.37. The summed E-state index contributed by atoms with van der Waals surface area (Å²) in [6.07, 6.45) is 1.97. The fourth-order valence-corrected chi connectivity index (χ4v) is 3.68. The molecular formula is C16H21ClN4O3. The molecule has 0 aromatic heterocycles. The van der Waals surface area contributed by atoms with E-state index in [-0.39, 0.29) is 17.6 Å². The minimum atomic E-state index is -0.410. The number of amides is 1. The number of nitro benzene ring substituents is 1. The molecule has 1 atom stereocenters. The SMILES string of the molecule is CN1CCCC1C(=O)N1CCN(c2ccc(Cl)cc2[N+](=O)[O-])CC1. The standard InChI is InChI=1S/C16H21ClN4O3/c1-18-6-2-3-14(18)16(22)20-9-7-19(8-10-20)13-5-4-12(17)11-15(13)21(23)24/h4-5,11,14H,2-3,6-10H2,1H3. The van der Waals surface area contributed by atoms with Gasteiger partial charge in [0.2, 0.25) is 5.91 Å². The number of hydrogen-bond donors (Lipinski definition) is 0. The summed E-state index contributed by atoms with van der Waals surface area (Å²) in [4.78, 5) is 29.4. The molecule has 1 unspecified atom stereocenters. The number of likely N-dealkylation sites (tertiary alicyclic amines) is 1. The molecule has 3 rings (SSSR count). The highest BCUT2D eigenvalue weighted by Gasteiger charge is 2.33. The van der Waals surface area contributed by atoms with Crippen molar-refractivity contribution in [1.82, 2.24) is 9.80 Å². The van der Waals surface area contributed by atoms with E-state index in [2.05, 4.69) is 4.90 Å². The zero-order valence-corrected chi connectivity index (χ0v) is 14.4. The van der Waals surface area contributed by atoms with E-state index < -0.39 is 4.92 Å². The summed E-state index contributed by atoms with van der Waals surface area (Å²) in [5.74, 6) is 0.181. The maximum absolute atomic E-state index is 12.6. The second-order valence-electron chi connectivity index (χ2n) is 6.34. The molecule has 2 heterocycles. The van der Waals surface area contributed by atoms with Crippen LogP contribution in [0.4, 0.5) is 11.4 Å². The predicted octanol–water partition coefficient (Wildman–Crippen LogP) is 1.99. The molecule has 0 bridgehead atoms. The van der Waals surface area contributed by atoms with Crippen LogP contribution >= 0.6 is 11.6 Å². The minimum Gasteiger partial charge on any atom is -0.362 e. The van der Waals surface area contributed by atoms with Gasteiger partial charge in [-0.3, -0.25) is 19.8 Å². The topological polar surface area (TPSA) is 69.9 Å². The minimum absolute atomic E-state index is 0.0119. The zero-order chi connectivity index (χ0) is 17.3. The van der Waals surface area contributed by atoms with Crippen molar-refractivity contribution in [3.8, 4) is 0 Å². The molecule has 2 aliphatic rings. The van der Waals surface area contributed by atoms with E-state index in [1.165, 1.54) is 6.07 Å². The first-order chi connectivity index (χ1) is 11.5. The Morgan fingerprint density at radius 2 is 1.96 bits per heavy atom. The number of carbonyl (C=O) groups is 1. The molecule has 130 valence electrons. The summed E-state index contributed by atoms with van der Waals surface area (Å²) in [5.41, 5.74) is 0.576. The molecule has 8 heteroatoms. The molecule has 0 spiro atoms. The van der Waals surface area contributed by atoms with Crippen molar-refractivity contribution in [3.63, 3.8) is 0 Å². The molecule has 0 radical (unpaired) electrons. The summed E-state index contributed by atoms with van der Waals surface area (Å²) < 4.78 is 0. The number of likely N-dealkylation sites (N-methyl/N-ethyl adjacent to an activating group) is 1. The van der Waals surface area contributed by atoms with Gasteiger partial charge in [0.15, 0.2) is 0 Å². The molecule has 2 fully saturated rings. The van der Waals surface area contributed by atoms with Crippen LogP contribution in [-0.2, 0) is 4.79 Å². The van der Waals surface area contributed by atoms with Crippen molar-refractivity contribution in [2.75, 3.05) is 44.7 Å². The van der Waals surface area contributed by atoms with Crippen LogP contribution in [-0.4, -0.2) is 66.4 Å².